The first kappa shape index (κ1) is 11.1. The molecule has 4 nitrogen and oxygen atoms in total. The first-order chi connectivity index (χ1) is 7.77. The first-order valence-electron chi connectivity index (χ1n) is 5.60. The van der Waals surface area contributed by atoms with Crippen molar-refractivity contribution in [3.63, 3.8) is 0 Å². The van der Waals surface area contributed by atoms with E-state index >= 15 is 0 Å². The molecule has 2 atom stereocenters. The molecular formula is C12H16N2O2. The van der Waals surface area contributed by atoms with Crippen LogP contribution in [-0.2, 0) is 4.74 Å². The van der Waals surface area contributed by atoms with Crippen molar-refractivity contribution in [1.82, 2.24) is 10.3 Å². The molecule has 16 heavy (non-hydrogen) atoms. The Balaban J connectivity index is 1.92. The lowest BCUT2D eigenvalue weighted by Crippen LogP contribution is -2.40. The molecule has 1 aromatic heterocycles. The number of amides is 1. The van der Waals surface area contributed by atoms with Crippen molar-refractivity contribution < 1.29 is 9.53 Å². The number of ether oxygens (including phenoxy) is 1. The predicted molar refractivity (Wildman–Crippen MR) is 60.1 cm³/mol. The van der Waals surface area contributed by atoms with Gasteiger partial charge in [0.1, 0.15) is 0 Å². The molecule has 2 rings (SSSR count). The summed E-state index contributed by atoms with van der Waals surface area (Å²) in [6.07, 6.45) is 5.50. The van der Waals surface area contributed by atoms with E-state index in [0.29, 0.717) is 5.56 Å². The molecule has 0 spiro atoms. The van der Waals surface area contributed by atoms with Crippen LogP contribution in [0.2, 0.25) is 0 Å². The molecule has 1 saturated heterocycles. The third-order valence-corrected chi connectivity index (χ3v) is 2.82. The fraction of sp³-hybridized carbons (Fsp3) is 0.500. The van der Waals surface area contributed by atoms with Crippen molar-refractivity contribution >= 4 is 5.91 Å². The highest BCUT2D eigenvalue weighted by Gasteiger charge is 2.23. The molecule has 1 aliphatic rings. The van der Waals surface area contributed by atoms with Gasteiger partial charge in [0.2, 0.25) is 0 Å². The van der Waals surface area contributed by atoms with E-state index in [1.54, 1.807) is 24.5 Å². The molecule has 1 fully saturated rings. The highest BCUT2D eigenvalue weighted by atomic mass is 16.5. The Morgan fingerprint density at radius 2 is 2.31 bits per heavy atom. The van der Waals surface area contributed by atoms with Crippen LogP contribution in [-0.4, -0.2) is 29.6 Å². The van der Waals surface area contributed by atoms with E-state index in [2.05, 4.69) is 10.3 Å². The highest BCUT2D eigenvalue weighted by Crippen LogP contribution is 2.15. The Morgan fingerprint density at radius 3 is 2.94 bits per heavy atom. The summed E-state index contributed by atoms with van der Waals surface area (Å²) in [5, 5.41) is 2.95. The molecule has 0 radical (unpaired) electrons. The van der Waals surface area contributed by atoms with Gasteiger partial charge in [-0.15, -0.1) is 0 Å². The molecule has 0 aromatic carbocycles. The topological polar surface area (TPSA) is 51.2 Å². The number of nitrogens with one attached hydrogen (secondary N) is 1. The number of carbonyl (C=O) groups is 1. The molecule has 4 heteroatoms. The number of aromatic nitrogens is 1. The Bertz CT molecular complexity index is 347. The van der Waals surface area contributed by atoms with Crippen molar-refractivity contribution in [3.8, 4) is 0 Å². The molecule has 1 amide bonds. The lowest BCUT2D eigenvalue weighted by molar-refractivity contribution is 0.0712. The molecule has 1 aromatic rings. The van der Waals surface area contributed by atoms with Gasteiger partial charge in [-0.25, -0.2) is 0 Å². The maximum absolute atomic E-state index is 11.8. The van der Waals surface area contributed by atoms with Gasteiger partial charge in [0.05, 0.1) is 12.1 Å². The fourth-order valence-electron chi connectivity index (χ4n) is 1.88. The Morgan fingerprint density at radius 1 is 1.56 bits per heavy atom. The van der Waals surface area contributed by atoms with Gasteiger partial charge in [-0.2, -0.15) is 0 Å². The average Bonchev–Trinajstić information content (AvgIpc) is 2.83. The van der Waals surface area contributed by atoms with Crippen molar-refractivity contribution in [3.05, 3.63) is 30.1 Å². The van der Waals surface area contributed by atoms with Crippen molar-refractivity contribution in [2.24, 2.45) is 0 Å². The van der Waals surface area contributed by atoms with E-state index in [1.807, 2.05) is 6.92 Å². The van der Waals surface area contributed by atoms with Crippen molar-refractivity contribution in [2.75, 3.05) is 6.61 Å². The monoisotopic (exact) mass is 220 g/mol. The average molecular weight is 220 g/mol. The number of hydrogen-bond acceptors (Lipinski definition) is 3. The summed E-state index contributed by atoms with van der Waals surface area (Å²) in [6, 6.07) is 3.47. The van der Waals surface area contributed by atoms with Crippen LogP contribution in [0, 0.1) is 0 Å². The second-order valence-electron chi connectivity index (χ2n) is 4.05. The molecule has 1 aliphatic heterocycles. The van der Waals surface area contributed by atoms with E-state index in [0.717, 1.165) is 19.4 Å². The fourth-order valence-corrected chi connectivity index (χ4v) is 1.88. The van der Waals surface area contributed by atoms with Crippen LogP contribution in [0.3, 0.4) is 0 Å². The minimum atomic E-state index is -0.0644. The summed E-state index contributed by atoms with van der Waals surface area (Å²) in [5.41, 5.74) is 0.639. The third-order valence-electron chi connectivity index (χ3n) is 2.82. The molecule has 2 heterocycles. The largest absolute Gasteiger partial charge is 0.376 e. The van der Waals surface area contributed by atoms with Crippen LogP contribution in [0.1, 0.15) is 30.1 Å². The number of pyridine rings is 1. The van der Waals surface area contributed by atoms with E-state index in [9.17, 15) is 4.79 Å². The zero-order valence-electron chi connectivity index (χ0n) is 9.35. The minimum Gasteiger partial charge on any atom is -0.376 e. The van der Waals surface area contributed by atoms with E-state index in [4.69, 9.17) is 4.74 Å². The van der Waals surface area contributed by atoms with Crippen LogP contribution in [0.5, 0.6) is 0 Å². The molecule has 0 saturated carbocycles. The van der Waals surface area contributed by atoms with Gasteiger partial charge in [0.25, 0.3) is 5.91 Å². The van der Waals surface area contributed by atoms with Crippen molar-refractivity contribution in [1.29, 1.82) is 0 Å². The maximum Gasteiger partial charge on any atom is 0.251 e. The lowest BCUT2D eigenvalue weighted by atomic mass is 10.1. The van der Waals surface area contributed by atoms with Gasteiger partial charge >= 0.3 is 0 Å². The number of rotatable bonds is 3. The van der Waals surface area contributed by atoms with Crippen molar-refractivity contribution in [2.45, 2.75) is 31.9 Å². The molecule has 0 aliphatic carbocycles. The maximum atomic E-state index is 11.8. The number of hydrogen-bond donors (Lipinski definition) is 1. The summed E-state index contributed by atoms with van der Waals surface area (Å²) in [7, 11) is 0. The summed E-state index contributed by atoms with van der Waals surface area (Å²) < 4.78 is 5.52. The van der Waals surface area contributed by atoms with Gasteiger partial charge in [0.15, 0.2) is 0 Å². The SMILES string of the molecule is C[C@H](NC(=O)c1ccncc1)[C@H]1CCCO1. The minimum absolute atomic E-state index is 0.0585. The third kappa shape index (κ3) is 2.58. The zero-order valence-corrected chi connectivity index (χ0v) is 9.35. The van der Waals surface area contributed by atoms with Gasteiger partial charge in [-0.05, 0) is 31.9 Å². The summed E-state index contributed by atoms with van der Waals surface area (Å²) >= 11 is 0. The van der Waals surface area contributed by atoms with E-state index in [1.165, 1.54) is 0 Å². The molecular weight excluding hydrogens is 204 g/mol. The normalized spacial score (nSPS) is 21.7. The molecule has 86 valence electrons. The standard InChI is InChI=1S/C12H16N2O2/c1-9(11-3-2-8-16-11)14-12(15)10-4-6-13-7-5-10/h4-7,9,11H,2-3,8H2,1H3,(H,14,15)/t9-,11+/m0/s1. The first-order valence-corrected chi connectivity index (χ1v) is 5.60. The lowest BCUT2D eigenvalue weighted by Gasteiger charge is -2.19. The van der Waals surface area contributed by atoms with E-state index < -0.39 is 0 Å². The number of carbonyl (C=O) groups excluding carboxylic acids is 1. The highest BCUT2D eigenvalue weighted by molar-refractivity contribution is 5.94. The van der Waals surface area contributed by atoms with Crippen LogP contribution in [0.15, 0.2) is 24.5 Å². The second-order valence-corrected chi connectivity index (χ2v) is 4.05. The predicted octanol–water partition coefficient (Wildman–Crippen LogP) is 1.38. The second kappa shape index (κ2) is 5.07. The molecule has 0 bridgehead atoms. The van der Waals surface area contributed by atoms with Gasteiger partial charge in [-0.1, -0.05) is 0 Å². The smallest absolute Gasteiger partial charge is 0.251 e. The summed E-state index contributed by atoms with van der Waals surface area (Å²) in [4.78, 5) is 15.7. The Hall–Kier alpha value is -1.42. The van der Waals surface area contributed by atoms with Gasteiger partial charge in [0, 0.05) is 24.6 Å². The molecule has 0 unspecified atom stereocenters. The molecule has 1 N–H and O–H groups in total. The van der Waals surface area contributed by atoms with Crippen LogP contribution >= 0.6 is 0 Å². The van der Waals surface area contributed by atoms with Crippen LogP contribution < -0.4 is 5.32 Å². The quantitative estimate of drug-likeness (QED) is 0.837. The Kier molecular flexibility index (Phi) is 3.51. The van der Waals surface area contributed by atoms with E-state index in [-0.39, 0.29) is 18.1 Å². The van der Waals surface area contributed by atoms with Gasteiger partial charge in [-0.3, -0.25) is 9.78 Å². The van der Waals surface area contributed by atoms with Gasteiger partial charge < -0.3 is 10.1 Å². The Labute approximate surface area is 95.0 Å². The van der Waals surface area contributed by atoms with Crippen LogP contribution in [0.4, 0.5) is 0 Å². The zero-order chi connectivity index (χ0) is 11.4. The van der Waals surface area contributed by atoms with Crippen LogP contribution in [0.25, 0.3) is 0 Å². The number of nitrogens with zero attached hydrogens (tertiary/aromatic N) is 1. The summed E-state index contributed by atoms with van der Waals surface area (Å²) in [5.74, 6) is -0.0644. The summed E-state index contributed by atoms with van der Waals surface area (Å²) in [6.45, 7) is 2.79.